The van der Waals surface area contributed by atoms with E-state index in [0.29, 0.717) is 0 Å². The Morgan fingerprint density at radius 1 is 1.11 bits per heavy atom. The molecule has 2 heterocycles. The highest BCUT2D eigenvalue weighted by atomic mass is 35.5. The van der Waals surface area contributed by atoms with Crippen LogP contribution in [0, 0.1) is 0 Å². The van der Waals surface area contributed by atoms with Crippen LogP contribution in [0.3, 0.4) is 0 Å². The molecule has 0 radical (unpaired) electrons. The van der Waals surface area contributed by atoms with Crippen LogP contribution >= 0.6 is 22.9 Å². The maximum absolute atomic E-state index is 6.00. The van der Waals surface area contributed by atoms with E-state index in [1.54, 1.807) is 0 Å². The standard InChI is InChI=1S/C15H14ClNS/c1-2-13-4-5-14(18-13)10-17-8-7-11-9-12(16)3-6-15(11)17/h3-9H,2,10H2,1H3. The van der Waals surface area contributed by atoms with Crippen LogP contribution in [0.4, 0.5) is 0 Å². The summed E-state index contributed by atoms with van der Waals surface area (Å²) in [6.45, 7) is 3.14. The third-order valence-corrected chi connectivity index (χ3v) is 4.57. The molecule has 0 saturated carbocycles. The first-order valence-electron chi connectivity index (χ1n) is 6.08. The van der Waals surface area contributed by atoms with Gasteiger partial charge >= 0.3 is 0 Å². The largest absolute Gasteiger partial charge is 0.342 e. The molecule has 18 heavy (non-hydrogen) atoms. The molecule has 1 aromatic carbocycles. The maximum atomic E-state index is 6.00. The highest BCUT2D eigenvalue weighted by Gasteiger charge is 2.04. The van der Waals surface area contributed by atoms with E-state index in [2.05, 4.69) is 42.0 Å². The molecule has 0 aliphatic rings. The van der Waals surface area contributed by atoms with Gasteiger partial charge in [0.1, 0.15) is 0 Å². The molecular formula is C15H14ClNS. The minimum absolute atomic E-state index is 0.796. The number of nitrogens with zero attached hydrogens (tertiary/aromatic N) is 1. The van der Waals surface area contributed by atoms with Gasteiger partial charge in [0.2, 0.25) is 0 Å². The van der Waals surface area contributed by atoms with Crippen molar-refractivity contribution in [1.29, 1.82) is 0 Å². The van der Waals surface area contributed by atoms with Gasteiger partial charge in [-0.25, -0.2) is 0 Å². The lowest BCUT2D eigenvalue weighted by atomic mass is 10.2. The molecule has 0 aliphatic heterocycles. The second-order valence-corrected chi connectivity index (χ2v) is 6.06. The summed E-state index contributed by atoms with van der Waals surface area (Å²) in [6, 6.07) is 12.6. The molecule has 0 amide bonds. The number of hydrogen-bond acceptors (Lipinski definition) is 1. The van der Waals surface area contributed by atoms with E-state index in [1.165, 1.54) is 20.7 Å². The number of hydrogen-bond donors (Lipinski definition) is 0. The van der Waals surface area contributed by atoms with Crippen LogP contribution in [-0.2, 0) is 13.0 Å². The Morgan fingerprint density at radius 2 is 1.94 bits per heavy atom. The highest BCUT2D eigenvalue weighted by Crippen LogP contribution is 2.23. The molecule has 0 N–H and O–H groups in total. The molecule has 0 fully saturated rings. The third-order valence-electron chi connectivity index (χ3n) is 3.12. The lowest BCUT2D eigenvalue weighted by Crippen LogP contribution is -1.94. The van der Waals surface area contributed by atoms with Crippen molar-refractivity contribution in [3.05, 3.63) is 57.4 Å². The van der Waals surface area contributed by atoms with Crippen molar-refractivity contribution in [2.24, 2.45) is 0 Å². The van der Waals surface area contributed by atoms with Gasteiger partial charge < -0.3 is 4.57 Å². The summed E-state index contributed by atoms with van der Waals surface area (Å²) in [5.41, 5.74) is 1.24. The zero-order valence-electron chi connectivity index (χ0n) is 10.2. The van der Waals surface area contributed by atoms with Gasteiger partial charge in [0.05, 0.1) is 6.54 Å². The number of aryl methyl sites for hydroxylation is 1. The first-order valence-corrected chi connectivity index (χ1v) is 7.27. The normalized spacial score (nSPS) is 11.2. The predicted octanol–water partition coefficient (Wildman–Crippen LogP) is 4.97. The summed E-state index contributed by atoms with van der Waals surface area (Å²) < 4.78 is 2.27. The smallest absolute Gasteiger partial charge is 0.0569 e. The van der Waals surface area contributed by atoms with Gasteiger partial charge in [0.15, 0.2) is 0 Å². The van der Waals surface area contributed by atoms with Crippen molar-refractivity contribution >= 4 is 33.8 Å². The summed E-state index contributed by atoms with van der Waals surface area (Å²) in [5.74, 6) is 0. The summed E-state index contributed by atoms with van der Waals surface area (Å²) in [6.07, 6.45) is 3.25. The van der Waals surface area contributed by atoms with E-state index in [4.69, 9.17) is 11.6 Å². The molecule has 0 bridgehead atoms. The topological polar surface area (TPSA) is 4.93 Å². The number of rotatable bonds is 3. The summed E-state index contributed by atoms with van der Waals surface area (Å²) >= 11 is 7.90. The quantitative estimate of drug-likeness (QED) is 0.636. The van der Waals surface area contributed by atoms with Crippen LogP contribution in [-0.4, -0.2) is 4.57 Å². The van der Waals surface area contributed by atoms with Crippen molar-refractivity contribution in [1.82, 2.24) is 4.57 Å². The number of halogens is 1. The summed E-state index contributed by atoms with van der Waals surface area (Å²) in [5, 5.41) is 2.00. The lowest BCUT2D eigenvalue weighted by Gasteiger charge is -2.03. The maximum Gasteiger partial charge on any atom is 0.0569 e. The molecule has 1 nitrogen and oxygen atoms in total. The Bertz CT molecular complexity index is 681. The van der Waals surface area contributed by atoms with Crippen LogP contribution in [0.1, 0.15) is 16.7 Å². The van der Waals surface area contributed by atoms with Crippen LogP contribution in [0.15, 0.2) is 42.6 Å². The Labute approximate surface area is 116 Å². The summed E-state index contributed by atoms with van der Waals surface area (Å²) in [4.78, 5) is 2.85. The number of thiophene rings is 1. The molecule has 92 valence electrons. The molecule has 0 aliphatic carbocycles. The molecule has 2 aromatic heterocycles. The van der Waals surface area contributed by atoms with Crippen LogP contribution in [0.2, 0.25) is 5.02 Å². The SMILES string of the molecule is CCc1ccc(Cn2ccc3cc(Cl)ccc32)s1. The minimum atomic E-state index is 0.796. The monoisotopic (exact) mass is 275 g/mol. The fourth-order valence-corrected chi connectivity index (χ4v) is 3.31. The second-order valence-electron chi connectivity index (χ2n) is 4.37. The van der Waals surface area contributed by atoms with Crippen molar-refractivity contribution < 1.29 is 0 Å². The predicted molar refractivity (Wildman–Crippen MR) is 79.7 cm³/mol. The Hall–Kier alpha value is -1.25. The van der Waals surface area contributed by atoms with Gasteiger partial charge in [0, 0.05) is 31.9 Å². The van der Waals surface area contributed by atoms with E-state index in [-0.39, 0.29) is 0 Å². The molecule has 3 aromatic rings. The van der Waals surface area contributed by atoms with Gasteiger partial charge in [-0.05, 0) is 42.8 Å². The average molecular weight is 276 g/mol. The second kappa shape index (κ2) is 4.79. The van der Waals surface area contributed by atoms with Crippen LogP contribution in [0.5, 0.6) is 0 Å². The third kappa shape index (κ3) is 2.18. The number of aromatic nitrogens is 1. The Balaban J connectivity index is 1.95. The zero-order valence-corrected chi connectivity index (χ0v) is 11.8. The molecule has 0 atom stereocenters. The van der Waals surface area contributed by atoms with Crippen LogP contribution < -0.4 is 0 Å². The average Bonchev–Trinajstić information content (AvgIpc) is 2.97. The van der Waals surface area contributed by atoms with E-state index < -0.39 is 0 Å². The lowest BCUT2D eigenvalue weighted by molar-refractivity contribution is 0.852. The molecule has 3 heteroatoms. The van der Waals surface area contributed by atoms with Gasteiger partial charge in [-0.3, -0.25) is 0 Å². The first kappa shape index (κ1) is 11.8. The fraction of sp³-hybridized carbons (Fsp3) is 0.200. The molecular weight excluding hydrogens is 262 g/mol. The van der Waals surface area contributed by atoms with Gasteiger partial charge in [-0.2, -0.15) is 0 Å². The van der Waals surface area contributed by atoms with E-state index in [9.17, 15) is 0 Å². The Morgan fingerprint density at radius 3 is 2.72 bits per heavy atom. The highest BCUT2D eigenvalue weighted by molar-refractivity contribution is 7.11. The van der Waals surface area contributed by atoms with Gasteiger partial charge in [0.25, 0.3) is 0 Å². The van der Waals surface area contributed by atoms with Gasteiger partial charge in [-0.1, -0.05) is 18.5 Å². The summed E-state index contributed by atoms with van der Waals surface area (Å²) in [7, 11) is 0. The molecule has 0 saturated heterocycles. The molecule has 0 spiro atoms. The van der Waals surface area contributed by atoms with E-state index in [1.807, 2.05) is 23.5 Å². The first-order chi connectivity index (χ1) is 8.76. The molecule has 3 rings (SSSR count). The van der Waals surface area contributed by atoms with Crippen molar-refractivity contribution in [3.63, 3.8) is 0 Å². The number of benzene rings is 1. The van der Waals surface area contributed by atoms with E-state index >= 15 is 0 Å². The number of fused-ring (bicyclic) bond motifs is 1. The Kier molecular flexibility index (Phi) is 3.14. The molecule has 0 unspecified atom stereocenters. The minimum Gasteiger partial charge on any atom is -0.342 e. The van der Waals surface area contributed by atoms with Gasteiger partial charge in [-0.15, -0.1) is 11.3 Å². The van der Waals surface area contributed by atoms with E-state index in [0.717, 1.165) is 18.0 Å². The van der Waals surface area contributed by atoms with Crippen molar-refractivity contribution in [2.45, 2.75) is 19.9 Å². The fourth-order valence-electron chi connectivity index (χ4n) is 2.17. The van der Waals surface area contributed by atoms with Crippen molar-refractivity contribution in [2.75, 3.05) is 0 Å². The zero-order chi connectivity index (χ0) is 12.5. The van der Waals surface area contributed by atoms with Crippen LogP contribution in [0.25, 0.3) is 10.9 Å². The van der Waals surface area contributed by atoms with Crippen molar-refractivity contribution in [3.8, 4) is 0 Å².